The Morgan fingerprint density at radius 3 is 2.30 bits per heavy atom. The van der Waals surface area contributed by atoms with E-state index in [9.17, 15) is 27.6 Å². The van der Waals surface area contributed by atoms with E-state index in [0.717, 1.165) is 36.6 Å². The van der Waals surface area contributed by atoms with Gasteiger partial charge in [-0.25, -0.2) is 9.59 Å². The van der Waals surface area contributed by atoms with Crippen LogP contribution in [0, 0.1) is 6.92 Å². The average Bonchev–Trinajstić information content (AvgIpc) is 3.21. The molecule has 2 saturated heterocycles. The number of halogens is 3. The summed E-state index contributed by atoms with van der Waals surface area (Å²) in [4.78, 5) is 47.9. The Labute approximate surface area is 274 Å². The topological polar surface area (TPSA) is 100 Å². The van der Waals surface area contributed by atoms with Gasteiger partial charge in [-0.3, -0.25) is 4.79 Å². The molecule has 256 valence electrons. The second-order valence-electron chi connectivity index (χ2n) is 13.1. The number of para-hydroxylation sites is 1. The summed E-state index contributed by atoms with van der Waals surface area (Å²) in [7, 11) is 5.45. The molecule has 47 heavy (non-hydrogen) atoms. The molecule has 0 bridgehead atoms. The highest BCUT2D eigenvalue weighted by molar-refractivity contribution is 5.91. The third kappa shape index (κ3) is 7.94. The fourth-order valence-corrected chi connectivity index (χ4v) is 7.15. The van der Waals surface area contributed by atoms with Crippen molar-refractivity contribution < 1.29 is 27.6 Å². The second-order valence-corrected chi connectivity index (χ2v) is 13.1. The Morgan fingerprint density at radius 1 is 1.00 bits per heavy atom. The zero-order valence-electron chi connectivity index (χ0n) is 27.6. The van der Waals surface area contributed by atoms with Crippen LogP contribution in [0.5, 0.6) is 0 Å². The van der Waals surface area contributed by atoms with Crippen molar-refractivity contribution in [3.05, 3.63) is 58.7 Å². The van der Waals surface area contributed by atoms with Gasteiger partial charge in [0.05, 0.1) is 5.56 Å². The third-order valence-corrected chi connectivity index (χ3v) is 9.83. The SMILES string of the molecule is CNc1c(C)cc(C[C@@H](NC(=O)N2CCC(N3CCc4ccccc4NC3=O)CC2)C(=O)N2CCC(N(C)C)CC2)cc1C(F)(F)F. The molecule has 0 saturated carbocycles. The summed E-state index contributed by atoms with van der Waals surface area (Å²) < 4.78 is 42.0. The highest BCUT2D eigenvalue weighted by Gasteiger charge is 2.37. The maximum Gasteiger partial charge on any atom is 0.418 e. The maximum absolute atomic E-state index is 14.0. The van der Waals surface area contributed by atoms with Crippen molar-refractivity contribution in [3.63, 3.8) is 0 Å². The molecule has 3 aliphatic rings. The van der Waals surface area contributed by atoms with Crippen molar-refractivity contribution in [2.75, 3.05) is 64.5 Å². The third-order valence-electron chi connectivity index (χ3n) is 9.83. The summed E-state index contributed by atoms with van der Waals surface area (Å²) in [5, 5.41) is 8.55. The summed E-state index contributed by atoms with van der Waals surface area (Å²) in [5.41, 5.74) is 1.81. The number of nitrogens with one attached hydrogen (secondary N) is 3. The monoisotopic (exact) mass is 657 g/mol. The summed E-state index contributed by atoms with van der Waals surface area (Å²) in [5.74, 6) is -0.296. The number of hydrogen-bond donors (Lipinski definition) is 3. The van der Waals surface area contributed by atoms with E-state index < -0.39 is 23.8 Å². The van der Waals surface area contributed by atoms with Gasteiger partial charge in [-0.15, -0.1) is 0 Å². The van der Waals surface area contributed by atoms with Crippen LogP contribution in [0.25, 0.3) is 0 Å². The number of urea groups is 2. The minimum atomic E-state index is -4.59. The molecule has 2 aromatic carbocycles. The number of anilines is 2. The number of carbonyl (C=O) groups is 3. The first kappa shape index (κ1) is 34.3. The fraction of sp³-hybridized carbons (Fsp3) is 0.559. The van der Waals surface area contributed by atoms with E-state index in [1.54, 1.807) is 22.8 Å². The Balaban J connectivity index is 1.28. The highest BCUT2D eigenvalue weighted by atomic mass is 19.4. The van der Waals surface area contributed by atoms with Gasteiger partial charge < -0.3 is 35.6 Å². The van der Waals surface area contributed by atoms with Crippen LogP contribution in [0.15, 0.2) is 36.4 Å². The number of amides is 5. The molecule has 3 aliphatic heterocycles. The fourth-order valence-electron chi connectivity index (χ4n) is 7.15. The number of rotatable bonds is 7. The number of likely N-dealkylation sites (tertiary alicyclic amines) is 2. The summed E-state index contributed by atoms with van der Waals surface area (Å²) >= 11 is 0. The largest absolute Gasteiger partial charge is 0.418 e. The molecule has 5 rings (SSSR count). The molecular formula is C34H46F3N7O3. The van der Waals surface area contributed by atoms with E-state index in [0.29, 0.717) is 62.7 Å². The van der Waals surface area contributed by atoms with Crippen LogP contribution in [0.4, 0.5) is 34.1 Å². The minimum Gasteiger partial charge on any atom is -0.387 e. The number of carbonyl (C=O) groups excluding carboxylic acids is 3. The molecule has 0 aliphatic carbocycles. The number of hydrogen-bond acceptors (Lipinski definition) is 5. The van der Waals surface area contributed by atoms with Gasteiger partial charge in [-0.1, -0.05) is 24.3 Å². The molecular weight excluding hydrogens is 611 g/mol. The number of fused-ring (bicyclic) bond motifs is 1. The van der Waals surface area contributed by atoms with Crippen LogP contribution in [0.1, 0.15) is 47.9 Å². The van der Waals surface area contributed by atoms with Crippen LogP contribution in [0.2, 0.25) is 0 Å². The van der Waals surface area contributed by atoms with Crippen molar-refractivity contribution in [3.8, 4) is 0 Å². The first-order valence-electron chi connectivity index (χ1n) is 16.4. The van der Waals surface area contributed by atoms with Crippen LogP contribution in [-0.4, -0.2) is 110 Å². The quantitative estimate of drug-likeness (QED) is 0.398. The molecule has 5 amide bonds. The van der Waals surface area contributed by atoms with E-state index in [1.165, 1.54) is 7.05 Å². The van der Waals surface area contributed by atoms with Crippen LogP contribution >= 0.6 is 0 Å². The maximum atomic E-state index is 14.0. The van der Waals surface area contributed by atoms with Gasteiger partial charge >= 0.3 is 18.2 Å². The first-order valence-corrected chi connectivity index (χ1v) is 16.4. The molecule has 0 aromatic heterocycles. The Hall–Kier alpha value is -4.00. The van der Waals surface area contributed by atoms with Crippen molar-refractivity contribution in [1.29, 1.82) is 0 Å². The van der Waals surface area contributed by atoms with Crippen LogP contribution < -0.4 is 16.0 Å². The number of benzene rings is 2. The van der Waals surface area contributed by atoms with E-state index in [4.69, 9.17) is 0 Å². The van der Waals surface area contributed by atoms with Gasteiger partial charge in [0.2, 0.25) is 5.91 Å². The average molecular weight is 658 g/mol. The molecule has 2 aromatic rings. The molecule has 0 spiro atoms. The van der Waals surface area contributed by atoms with Crippen molar-refractivity contribution in [2.24, 2.45) is 0 Å². The van der Waals surface area contributed by atoms with Gasteiger partial charge in [0, 0.05) is 69.7 Å². The standard InChI is InChI=1S/C34H46F3N7O3/c1-22-19-23(20-27(30(22)38-2)34(35,36)37)21-29(31(45)42-14-10-25(11-15-42)41(3)4)40-32(46)43-16-12-26(13-17-43)44-18-9-24-7-5-6-8-28(24)39-33(44)47/h5-8,19-20,25-26,29,38H,9-18,21H2,1-4H3,(H,39,47)(H,40,46)/t29-/m1/s1. The van der Waals surface area contributed by atoms with Crippen molar-refractivity contribution in [2.45, 2.75) is 69.8 Å². The molecule has 1 atom stereocenters. The number of alkyl halides is 3. The van der Waals surface area contributed by atoms with E-state index in [-0.39, 0.29) is 30.1 Å². The van der Waals surface area contributed by atoms with E-state index in [1.807, 2.05) is 43.3 Å². The van der Waals surface area contributed by atoms with Gasteiger partial charge in [-0.2, -0.15) is 13.2 Å². The number of nitrogens with zero attached hydrogens (tertiary/aromatic N) is 4. The molecule has 2 fully saturated rings. The van der Waals surface area contributed by atoms with Gasteiger partial charge in [0.15, 0.2) is 0 Å². The Bertz CT molecular complexity index is 1450. The molecule has 3 heterocycles. The number of aryl methyl sites for hydroxylation is 1. The van der Waals surface area contributed by atoms with Crippen LogP contribution in [0.3, 0.4) is 0 Å². The molecule has 10 nitrogen and oxygen atoms in total. The molecule has 0 unspecified atom stereocenters. The highest BCUT2D eigenvalue weighted by Crippen LogP contribution is 2.37. The van der Waals surface area contributed by atoms with Gasteiger partial charge in [-0.05, 0) is 81.9 Å². The predicted octanol–water partition coefficient (Wildman–Crippen LogP) is 4.78. The summed E-state index contributed by atoms with van der Waals surface area (Å²) in [6, 6.07) is 9.13. The number of piperidine rings is 2. The summed E-state index contributed by atoms with van der Waals surface area (Å²) in [6.45, 7) is 3.96. The lowest BCUT2D eigenvalue weighted by molar-refractivity contribution is -0.137. The smallest absolute Gasteiger partial charge is 0.387 e. The molecule has 0 radical (unpaired) electrons. The second kappa shape index (κ2) is 14.4. The lowest BCUT2D eigenvalue weighted by Crippen LogP contribution is -2.57. The van der Waals surface area contributed by atoms with Gasteiger partial charge in [0.25, 0.3) is 0 Å². The van der Waals surface area contributed by atoms with Crippen molar-refractivity contribution >= 4 is 29.3 Å². The lowest BCUT2D eigenvalue weighted by atomic mass is 9.96. The zero-order valence-corrected chi connectivity index (χ0v) is 27.6. The molecule has 13 heteroatoms. The lowest BCUT2D eigenvalue weighted by Gasteiger charge is -2.39. The normalized spacial score (nSPS) is 18.8. The Morgan fingerprint density at radius 2 is 1.66 bits per heavy atom. The summed E-state index contributed by atoms with van der Waals surface area (Å²) in [6.07, 6.45) is -1.23. The first-order chi connectivity index (χ1) is 22.3. The minimum absolute atomic E-state index is 0.0104. The van der Waals surface area contributed by atoms with E-state index >= 15 is 0 Å². The van der Waals surface area contributed by atoms with Crippen LogP contribution in [-0.2, 0) is 23.8 Å². The predicted molar refractivity (Wildman–Crippen MR) is 176 cm³/mol. The molecule has 3 N–H and O–H groups in total. The van der Waals surface area contributed by atoms with E-state index in [2.05, 4.69) is 20.9 Å². The van der Waals surface area contributed by atoms with Crippen molar-refractivity contribution in [1.82, 2.24) is 24.9 Å². The zero-order chi connectivity index (χ0) is 33.9. The Kier molecular flexibility index (Phi) is 10.5. The van der Waals surface area contributed by atoms with Gasteiger partial charge in [0.1, 0.15) is 6.04 Å².